The summed E-state index contributed by atoms with van der Waals surface area (Å²) in [5, 5.41) is 0.179. The van der Waals surface area contributed by atoms with Crippen molar-refractivity contribution in [3.05, 3.63) is 5.28 Å². The summed E-state index contributed by atoms with van der Waals surface area (Å²) in [4.78, 5) is 14.3. The van der Waals surface area contributed by atoms with Gasteiger partial charge in [0.2, 0.25) is 17.2 Å². The molecule has 1 saturated heterocycles. The normalized spacial score (nSPS) is 22.6. The molecule has 2 fully saturated rings. The molecule has 0 atom stereocenters. The number of aromatic nitrogens is 3. The Morgan fingerprint density at radius 2 is 1.67 bits per heavy atom. The van der Waals surface area contributed by atoms with Crippen molar-refractivity contribution in [2.24, 2.45) is 5.41 Å². The lowest BCUT2D eigenvalue weighted by Crippen LogP contribution is -2.39. The molecule has 1 aliphatic carbocycles. The first-order valence-corrected chi connectivity index (χ1v) is 6.97. The summed E-state index contributed by atoms with van der Waals surface area (Å²) in [7, 11) is 0. The summed E-state index contributed by atoms with van der Waals surface area (Å²) in [6, 6.07) is 0. The van der Waals surface area contributed by atoms with E-state index in [-0.39, 0.29) is 11.2 Å². The maximum atomic E-state index is 5.82. The monoisotopic (exact) mass is 267 g/mol. The van der Waals surface area contributed by atoms with E-state index in [2.05, 4.69) is 19.9 Å². The third-order valence-electron chi connectivity index (χ3n) is 4.38. The molecule has 5 nitrogen and oxygen atoms in total. The highest BCUT2D eigenvalue weighted by Gasteiger charge is 2.37. The van der Waals surface area contributed by atoms with Gasteiger partial charge in [0, 0.05) is 13.1 Å². The molecule has 18 heavy (non-hydrogen) atoms. The van der Waals surface area contributed by atoms with Crippen LogP contribution in [-0.4, -0.2) is 28.0 Å². The molecule has 6 heteroatoms. The highest BCUT2D eigenvalue weighted by molar-refractivity contribution is 6.28. The SMILES string of the molecule is Nc1nc(Cl)nc(N2CCC3(CCCC3)CC2)n1. The van der Waals surface area contributed by atoms with E-state index in [0.717, 1.165) is 13.1 Å². The van der Waals surface area contributed by atoms with Crippen LogP contribution < -0.4 is 10.6 Å². The lowest BCUT2D eigenvalue weighted by molar-refractivity contribution is 0.225. The van der Waals surface area contributed by atoms with Gasteiger partial charge >= 0.3 is 0 Å². The fraction of sp³-hybridized carbons (Fsp3) is 0.750. The Morgan fingerprint density at radius 1 is 1.00 bits per heavy atom. The minimum absolute atomic E-state index is 0.179. The van der Waals surface area contributed by atoms with Crippen LogP contribution in [0.15, 0.2) is 0 Å². The lowest BCUT2D eigenvalue weighted by Gasteiger charge is -2.39. The van der Waals surface area contributed by atoms with Gasteiger partial charge in [-0.15, -0.1) is 0 Å². The third kappa shape index (κ3) is 2.23. The third-order valence-corrected chi connectivity index (χ3v) is 4.55. The van der Waals surface area contributed by atoms with Gasteiger partial charge in [0.1, 0.15) is 0 Å². The number of nitrogens with zero attached hydrogens (tertiary/aromatic N) is 4. The summed E-state index contributed by atoms with van der Waals surface area (Å²) >= 11 is 5.82. The number of anilines is 2. The second kappa shape index (κ2) is 4.53. The quantitative estimate of drug-likeness (QED) is 0.845. The number of piperidine rings is 1. The molecule has 2 heterocycles. The van der Waals surface area contributed by atoms with Gasteiger partial charge in [0.25, 0.3) is 0 Å². The highest BCUT2D eigenvalue weighted by atomic mass is 35.5. The van der Waals surface area contributed by atoms with Gasteiger partial charge in [-0.2, -0.15) is 15.0 Å². The van der Waals surface area contributed by atoms with Gasteiger partial charge in [0.05, 0.1) is 0 Å². The summed E-state index contributed by atoms with van der Waals surface area (Å²) in [6.07, 6.45) is 8.03. The van der Waals surface area contributed by atoms with E-state index < -0.39 is 0 Å². The van der Waals surface area contributed by atoms with E-state index in [1.54, 1.807) is 0 Å². The predicted molar refractivity (Wildman–Crippen MR) is 71.6 cm³/mol. The number of nitrogen functional groups attached to an aromatic ring is 1. The van der Waals surface area contributed by atoms with Gasteiger partial charge in [0.15, 0.2) is 0 Å². The van der Waals surface area contributed by atoms with Crippen molar-refractivity contribution in [3.63, 3.8) is 0 Å². The molecule has 0 amide bonds. The molecule has 0 radical (unpaired) electrons. The first kappa shape index (κ1) is 12.0. The lowest BCUT2D eigenvalue weighted by atomic mass is 9.77. The Hall–Kier alpha value is -1.10. The Kier molecular flexibility index (Phi) is 3.01. The molecule has 1 aromatic rings. The molecule has 0 bridgehead atoms. The van der Waals surface area contributed by atoms with Crippen LogP contribution in [0.5, 0.6) is 0 Å². The van der Waals surface area contributed by atoms with E-state index in [1.165, 1.54) is 38.5 Å². The molecule has 3 rings (SSSR count). The highest BCUT2D eigenvalue weighted by Crippen LogP contribution is 2.46. The maximum Gasteiger partial charge on any atom is 0.231 e. The zero-order valence-electron chi connectivity index (χ0n) is 10.4. The summed E-state index contributed by atoms with van der Waals surface area (Å²) in [5.74, 6) is 0.825. The Morgan fingerprint density at radius 3 is 2.28 bits per heavy atom. The molecule has 2 N–H and O–H groups in total. The Bertz CT molecular complexity index is 414. The van der Waals surface area contributed by atoms with Crippen molar-refractivity contribution < 1.29 is 0 Å². The van der Waals surface area contributed by atoms with Crippen molar-refractivity contribution in [3.8, 4) is 0 Å². The van der Waals surface area contributed by atoms with Gasteiger partial charge in [-0.05, 0) is 42.7 Å². The van der Waals surface area contributed by atoms with E-state index in [9.17, 15) is 0 Å². The Labute approximate surface area is 112 Å². The minimum Gasteiger partial charge on any atom is -0.368 e. The first-order chi connectivity index (χ1) is 8.67. The van der Waals surface area contributed by atoms with Crippen LogP contribution in [0.3, 0.4) is 0 Å². The predicted octanol–water partition coefficient (Wildman–Crippen LogP) is 2.27. The van der Waals surface area contributed by atoms with Crippen LogP contribution >= 0.6 is 11.6 Å². The van der Waals surface area contributed by atoms with E-state index >= 15 is 0 Å². The average Bonchev–Trinajstić information content (AvgIpc) is 2.77. The molecule has 0 aromatic carbocycles. The van der Waals surface area contributed by atoms with E-state index in [1.807, 2.05) is 0 Å². The molecule has 1 spiro atoms. The smallest absolute Gasteiger partial charge is 0.231 e. The van der Waals surface area contributed by atoms with Crippen molar-refractivity contribution in [2.75, 3.05) is 23.7 Å². The first-order valence-electron chi connectivity index (χ1n) is 6.59. The van der Waals surface area contributed by atoms with Crippen molar-refractivity contribution in [1.82, 2.24) is 15.0 Å². The van der Waals surface area contributed by atoms with Gasteiger partial charge < -0.3 is 10.6 Å². The zero-order chi connectivity index (χ0) is 12.6. The van der Waals surface area contributed by atoms with E-state index in [4.69, 9.17) is 17.3 Å². The zero-order valence-corrected chi connectivity index (χ0v) is 11.2. The Balaban J connectivity index is 1.72. The molecule has 1 aromatic heterocycles. The topological polar surface area (TPSA) is 67.9 Å². The van der Waals surface area contributed by atoms with Crippen molar-refractivity contribution >= 4 is 23.5 Å². The fourth-order valence-electron chi connectivity index (χ4n) is 3.30. The molecule has 1 saturated carbocycles. The fourth-order valence-corrected chi connectivity index (χ4v) is 3.46. The summed E-state index contributed by atoms with van der Waals surface area (Å²) < 4.78 is 0. The molecular weight excluding hydrogens is 250 g/mol. The number of rotatable bonds is 1. The molecule has 2 aliphatic rings. The van der Waals surface area contributed by atoms with Crippen molar-refractivity contribution in [1.29, 1.82) is 0 Å². The van der Waals surface area contributed by atoms with E-state index in [0.29, 0.717) is 11.4 Å². The van der Waals surface area contributed by atoms with Crippen LogP contribution in [0.1, 0.15) is 38.5 Å². The largest absolute Gasteiger partial charge is 0.368 e. The van der Waals surface area contributed by atoms with Crippen LogP contribution in [0.4, 0.5) is 11.9 Å². The molecule has 98 valence electrons. The van der Waals surface area contributed by atoms with Crippen LogP contribution in [0, 0.1) is 5.41 Å². The number of hydrogen-bond acceptors (Lipinski definition) is 5. The van der Waals surface area contributed by atoms with Gasteiger partial charge in [-0.25, -0.2) is 0 Å². The summed E-state index contributed by atoms with van der Waals surface area (Å²) in [5.41, 5.74) is 6.20. The maximum absolute atomic E-state index is 5.82. The number of hydrogen-bond donors (Lipinski definition) is 1. The van der Waals surface area contributed by atoms with Crippen LogP contribution in [-0.2, 0) is 0 Å². The molecular formula is C12H18ClN5. The van der Waals surface area contributed by atoms with Crippen LogP contribution in [0.2, 0.25) is 5.28 Å². The second-order valence-electron chi connectivity index (χ2n) is 5.46. The van der Waals surface area contributed by atoms with Crippen LogP contribution in [0.25, 0.3) is 0 Å². The van der Waals surface area contributed by atoms with Crippen molar-refractivity contribution in [2.45, 2.75) is 38.5 Å². The number of nitrogens with two attached hydrogens (primary N) is 1. The molecule has 1 aliphatic heterocycles. The molecule has 0 unspecified atom stereocenters. The van der Waals surface area contributed by atoms with Gasteiger partial charge in [-0.3, -0.25) is 0 Å². The standard InChI is InChI=1S/C12H18ClN5/c13-9-15-10(14)17-11(16-9)18-7-5-12(6-8-18)3-1-2-4-12/h1-8H2,(H2,14,15,16,17). The number of halogens is 1. The summed E-state index contributed by atoms with van der Waals surface area (Å²) in [6.45, 7) is 2.00. The second-order valence-corrected chi connectivity index (χ2v) is 5.79. The average molecular weight is 268 g/mol. The van der Waals surface area contributed by atoms with Gasteiger partial charge in [-0.1, -0.05) is 12.8 Å². The minimum atomic E-state index is 0.179.